The van der Waals surface area contributed by atoms with Crippen LogP contribution in [0.1, 0.15) is 22.0 Å². The van der Waals surface area contributed by atoms with Crippen molar-refractivity contribution in [2.45, 2.75) is 19.0 Å². The maximum Gasteiger partial charge on any atom is 0.325 e. The predicted molar refractivity (Wildman–Crippen MR) is 73.0 cm³/mol. The highest BCUT2D eigenvalue weighted by atomic mass is 32.1. The first-order valence-corrected chi connectivity index (χ1v) is 7.05. The lowest BCUT2D eigenvalue weighted by atomic mass is 9.99. The van der Waals surface area contributed by atoms with Crippen molar-refractivity contribution in [2.75, 3.05) is 6.54 Å². The van der Waals surface area contributed by atoms with Crippen molar-refractivity contribution < 1.29 is 9.90 Å². The molecular formula is C14H14N2O2S. The summed E-state index contributed by atoms with van der Waals surface area (Å²) in [6.45, 7) is 1.43. The Hall–Kier alpha value is -1.72. The summed E-state index contributed by atoms with van der Waals surface area (Å²) in [4.78, 5) is 18.8. The van der Waals surface area contributed by atoms with E-state index in [0.717, 1.165) is 24.1 Å². The minimum Gasteiger partial charge on any atom is -0.480 e. The first kappa shape index (κ1) is 12.3. The van der Waals surface area contributed by atoms with E-state index in [4.69, 9.17) is 0 Å². The first-order chi connectivity index (χ1) is 9.25. The number of aliphatic carboxylic acids is 1. The van der Waals surface area contributed by atoms with Gasteiger partial charge in [-0.1, -0.05) is 0 Å². The van der Waals surface area contributed by atoms with Gasteiger partial charge in [-0.05, 0) is 41.1 Å². The van der Waals surface area contributed by atoms with Crippen LogP contribution < -0.4 is 0 Å². The van der Waals surface area contributed by atoms with Crippen LogP contribution in [0, 0.1) is 0 Å². The molecule has 3 rings (SSSR count). The van der Waals surface area contributed by atoms with Gasteiger partial charge in [-0.25, -0.2) is 0 Å². The van der Waals surface area contributed by atoms with E-state index in [1.54, 1.807) is 23.7 Å². The molecule has 0 radical (unpaired) electrons. The number of pyridine rings is 1. The van der Waals surface area contributed by atoms with Crippen LogP contribution in [0.2, 0.25) is 0 Å². The van der Waals surface area contributed by atoms with Crippen LogP contribution in [0.5, 0.6) is 0 Å². The van der Waals surface area contributed by atoms with Crippen LogP contribution in [-0.2, 0) is 17.8 Å². The molecule has 0 aliphatic carbocycles. The number of fused-ring (bicyclic) bond motifs is 1. The van der Waals surface area contributed by atoms with E-state index in [2.05, 4.69) is 4.98 Å². The third-order valence-electron chi connectivity index (χ3n) is 3.43. The number of hydrogen-bond donors (Lipinski definition) is 1. The number of nitrogens with zero attached hydrogens (tertiary/aromatic N) is 2. The fourth-order valence-corrected chi connectivity index (χ4v) is 3.45. The quantitative estimate of drug-likeness (QED) is 0.933. The van der Waals surface area contributed by atoms with E-state index in [1.165, 1.54) is 4.88 Å². The van der Waals surface area contributed by atoms with Crippen molar-refractivity contribution in [2.24, 2.45) is 0 Å². The summed E-state index contributed by atoms with van der Waals surface area (Å²) >= 11 is 1.65. The zero-order chi connectivity index (χ0) is 13.2. The average molecular weight is 274 g/mol. The zero-order valence-electron chi connectivity index (χ0n) is 10.3. The normalized spacial score (nSPS) is 19.1. The third-order valence-corrected chi connectivity index (χ3v) is 4.43. The van der Waals surface area contributed by atoms with Gasteiger partial charge in [-0.2, -0.15) is 0 Å². The molecule has 0 amide bonds. The summed E-state index contributed by atoms with van der Waals surface area (Å²) in [6, 6.07) is 5.28. The summed E-state index contributed by atoms with van der Waals surface area (Å²) < 4.78 is 0. The Balaban J connectivity index is 1.88. The zero-order valence-corrected chi connectivity index (χ0v) is 11.1. The van der Waals surface area contributed by atoms with Crippen LogP contribution in [0.4, 0.5) is 0 Å². The minimum atomic E-state index is -0.770. The lowest BCUT2D eigenvalue weighted by molar-refractivity contribution is -0.144. The van der Waals surface area contributed by atoms with E-state index in [1.807, 2.05) is 28.5 Å². The largest absolute Gasteiger partial charge is 0.480 e. The Morgan fingerprint density at radius 2 is 2.21 bits per heavy atom. The molecule has 3 heterocycles. The Kier molecular flexibility index (Phi) is 3.31. The average Bonchev–Trinajstić information content (AvgIpc) is 2.87. The molecule has 0 spiro atoms. The Bertz CT molecular complexity index is 582. The van der Waals surface area contributed by atoms with Gasteiger partial charge in [0.1, 0.15) is 6.04 Å². The van der Waals surface area contributed by atoms with Gasteiger partial charge >= 0.3 is 5.97 Å². The van der Waals surface area contributed by atoms with Gasteiger partial charge in [0, 0.05) is 30.4 Å². The van der Waals surface area contributed by atoms with Crippen molar-refractivity contribution in [3.05, 3.63) is 52.0 Å². The molecule has 0 bridgehead atoms. The van der Waals surface area contributed by atoms with Crippen LogP contribution in [0.25, 0.3) is 0 Å². The number of thiophene rings is 1. The van der Waals surface area contributed by atoms with Crippen molar-refractivity contribution >= 4 is 17.3 Å². The lowest BCUT2D eigenvalue weighted by Crippen LogP contribution is -2.38. The van der Waals surface area contributed by atoms with Gasteiger partial charge in [0.15, 0.2) is 0 Å². The second-order valence-corrected chi connectivity index (χ2v) is 5.62. The van der Waals surface area contributed by atoms with E-state index in [9.17, 15) is 9.90 Å². The summed E-state index contributed by atoms with van der Waals surface area (Å²) in [7, 11) is 0. The third kappa shape index (κ3) is 2.39. The van der Waals surface area contributed by atoms with Crippen molar-refractivity contribution in [3.8, 4) is 0 Å². The van der Waals surface area contributed by atoms with E-state index in [0.29, 0.717) is 6.54 Å². The van der Waals surface area contributed by atoms with E-state index in [-0.39, 0.29) is 0 Å². The highest BCUT2D eigenvalue weighted by Gasteiger charge is 2.33. The minimum absolute atomic E-state index is 0.525. The number of carboxylic acid groups (broad SMARTS) is 1. The van der Waals surface area contributed by atoms with E-state index >= 15 is 0 Å². The predicted octanol–water partition coefficient (Wildman–Crippen LogP) is 2.33. The summed E-state index contributed by atoms with van der Waals surface area (Å²) in [6.07, 6.45) is 4.41. The van der Waals surface area contributed by atoms with Gasteiger partial charge in [0.05, 0.1) is 0 Å². The van der Waals surface area contributed by atoms with Crippen LogP contribution >= 0.6 is 11.3 Å². The maximum atomic E-state index is 11.6. The van der Waals surface area contributed by atoms with Crippen LogP contribution in [-0.4, -0.2) is 27.5 Å². The molecular weight excluding hydrogens is 260 g/mol. The molecule has 5 heteroatoms. The molecule has 1 atom stereocenters. The second kappa shape index (κ2) is 5.11. The molecule has 2 aromatic rings. The Labute approximate surface area is 115 Å². The summed E-state index contributed by atoms with van der Waals surface area (Å²) in [5.74, 6) is -0.770. The molecule has 1 aliphatic rings. The Morgan fingerprint density at radius 1 is 1.42 bits per heavy atom. The fraction of sp³-hybridized carbons (Fsp3) is 0.286. The lowest BCUT2D eigenvalue weighted by Gasteiger charge is -2.33. The molecule has 98 valence electrons. The number of aromatic nitrogens is 1. The number of rotatable bonds is 3. The van der Waals surface area contributed by atoms with Crippen molar-refractivity contribution in [1.29, 1.82) is 0 Å². The molecule has 0 saturated heterocycles. The number of carboxylic acids is 1. The fourth-order valence-electron chi connectivity index (χ4n) is 2.55. The topological polar surface area (TPSA) is 53.4 Å². The first-order valence-electron chi connectivity index (χ1n) is 6.18. The molecule has 1 aliphatic heterocycles. The van der Waals surface area contributed by atoms with Crippen LogP contribution in [0.3, 0.4) is 0 Å². The Morgan fingerprint density at radius 3 is 2.95 bits per heavy atom. The summed E-state index contributed by atoms with van der Waals surface area (Å²) in [5.41, 5.74) is 2.05. The number of carbonyl (C=O) groups is 1. The molecule has 2 aromatic heterocycles. The van der Waals surface area contributed by atoms with Gasteiger partial charge in [0.2, 0.25) is 0 Å². The van der Waals surface area contributed by atoms with Gasteiger partial charge in [-0.15, -0.1) is 11.3 Å². The number of hydrogen-bond acceptors (Lipinski definition) is 4. The molecule has 4 nitrogen and oxygen atoms in total. The van der Waals surface area contributed by atoms with Crippen molar-refractivity contribution in [3.63, 3.8) is 0 Å². The van der Waals surface area contributed by atoms with E-state index < -0.39 is 12.0 Å². The molecule has 1 unspecified atom stereocenters. The monoisotopic (exact) mass is 274 g/mol. The van der Waals surface area contributed by atoms with Gasteiger partial charge < -0.3 is 5.11 Å². The van der Waals surface area contributed by atoms with Gasteiger partial charge in [0.25, 0.3) is 0 Å². The molecule has 19 heavy (non-hydrogen) atoms. The SMILES string of the molecule is O=C(O)C1c2ccsc2CCN1Cc1ccncc1. The highest BCUT2D eigenvalue weighted by molar-refractivity contribution is 7.10. The smallest absolute Gasteiger partial charge is 0.325 e. The van der Waals surface area contributed by atoms with Gasteiger partial charge in [-0.3, -0.25) is 14.7 Å². The molecule has 1 N–H and O–H groups in total. The standard InChI is InChI=1S/C14H14N2O2S/c17-14(18)13-11-4-8-19-12(11)3-7-16(13)9-10-1-5-15-6-2-10/h1-2,4-6,8,13H,3,7,9H2,(H,17,18). The molecule has 0 fully saturated rings. The summed E-state index contributed by atoms with van der Waals surface area (Å²) in [5, 5.41) is 11.5. The maximum absolute atomic E-state index is 11.6. The second-order valence-electron chi connectivity index (χ2n) is 4.62. The molecule has 0 saturated carbocycles. The van der Waals surface area contributed by atoms with Crippen molar-refractivity contribution in [1.82, 2.24) is 9.88 Å². The highest BCUT2D eigenvalue weighted by Crippen LogP contribution is 2.34. The molecule has 0 aromatic carbocycles. The van der Waals surface area contributed by atoms with Crippen LogP contribution in [0.15, 0.2) is 36.0 Å².